The molecular weight excluding hydrogens is 514 g/mol. The van der Waals surface area contributed by atoms with E-state index < -0.39 is 22.0 Å². The lowest BCUT2D eigenvalue weighted by Crippen LogP contribution is -2.37. The molecule has 0 fully saturated rings. The minimum Gasteiger partial charge on any atom is -0.481 e. The average Bonchev–Trinajstić information content (AvgIpc) is 3.43. The highest BCUT2D eigenvalue weighted by Gasteiger charge is 2.26. The summed E-state index contributed by atoms with van der Waals surface area (Å²) >= 11 is 1.66. The third kappa shape index (κ3) is 11.6. The molecule has 2 rings (SSSR count). The van der Waals surface area contributed by atoms with Crippen LogP contribution in [0.15, 0.2) is 46.7 Å². The maximum absolute atomic E-state index is 12.9. The van der Waals surface area contributed by atoms with Crippen molar-refractivity contribution in [3.63, 3.8) is 0 Å². The van der Waals surface area contributed by atoms with Crippen molar-refractivity contribution in [1.82, 2.24) is 16.1 Å². The van der Waals surface area contributed by atoms with Gasteiger partial charge >= 0.3 is 0 Å². The van der Waals surface area contributed by atoms with Crippen LogP contribution in [0.3, 0.4) is 0 Å². The molecule has 0 bridgehead atoms. The molecule has 2 unspecified atom stereocenters. The highest BCUT2D eigenvalue weighted by Crippen LogP contribution is 2.20. The Morgan fingerprint density at radius 3 is 2.54 bits per heavy atom. The normalized spacial score (nSPS) is 11.9. The van der Waals surface area contributed by atoms with E-state index in [0.29, 0.717) is 36.5 Å². The Morgan fingerprint density at radius 2 is 1.86 bits per heavy atom. The summed E-state index contributed by atoms with van der Waals surface area (Å²) in [7, 11) is -1.69. The predicted octanol–water partition coefficient (Wildman–Crippen LogP) is 2.56. The van der Waals surface area contributed by atoms with Gasteiger partial charge in [-0.2, -0.15) is 0 Å². The Morgan fingerprint density at radius 1 is 1.08 bits per heavy atom. The van der Waals surface area contributed by atoms with Crippen molar-refractivity contribution in [1.29, 1.82) is 0 Å². The van der Waals surface area contributed by atoms with Gasteiger partial charge in [0.05, 0.1) is 17.3 Å². The maximum atomic E-state index is 12.9. The second-order valence-corrected chi connectivity index (χ2v) is 10.7. The van der Waals surface area contributed by atoms with Gasteiger partial charge in [0.25, 0.3) is 5.91 Å². The Bertz CT molecular complexity index is 1080. The number of amides is 3. The number of benzene rings is 1. The van der Waals surface area contributed by atoms with Gasteiger partial charge < -0.3 is 15.4 Å². The van der Waals surface area contributed by atoms with Gasteiger partial charge in [0.2, 0.25) is 11.8 Å². The molecule has 0 spiro atoms. The van der Waals surface area contributed by atoms with Crippen molar-refractivity contribution in [2.45, 2.75) is 55.6 Å². The molecule has 3 amide bonds. The van der Waals surface area contributed by atoms with Gasteiger partial charge in [-0.05, 0) is 74.7 Å². The second-order valence-electron chi connectivity index (χ2n) is 8.00. The van der Waals surface area contributed by atoms with E-state index in [4.69, 9.17) is 9.94 Å². The Kier molecular flexibility index (Phi) is 14.0. The van der Waals surface area contributed by atoms with Crippen molar-refractivity contribution in [2.24, 2.45) is 0 Å². The summed E-state index contributed by atoms with van der Waals surface area (Å²) in [5.74, 6) is 4.88. The molecule has 1 aromatic heterocycles. The number of carbonyl (C=O) groups is 3. The van der Waals surface area contributed by atoms with Crippen LogP contribution in [0.2, 0.25) is 0 Å². The molecule has 1 aromatic carbocycles. The van der Waals surface area contributed by atoms with Crippen LogP contribution in [0.4, 0.5) is 0 Å². The van der Waals surface area contributed by atoms with Gasteiger partial charge in [-0.25, -0.2) is 5.48 Å². The first-order valence-electron chi connectivity index (χ1n) is 12.0. The van der Waals surface area contributed by atoms with Crippen molar-refractivity contribution >= 4 is 39.9 Å². The molecule has 0 aliphatic carbocycles. The molecule has 0 saturated carbocycles. The van der Waals surface area contributed by atoms with Gasteiger partial charge in [0.15, 0.2) is 0 Å². The van der Waals surface area contributed by atoms with Crippen molar-refractivity contribution in [3.8, 4) is 17.6 Å². The third-order valence-corrected chi connectivity index (χ3v) is 7.91. The lowest BCUT2D eigenvalue weighted by Gasteiger charge is -2.15. The number of hydrogen-bond acceptors (Lipinski definition) is 7. The Hall–Kier alpha value is -3.20. The van der Waals surface area contributed by atoms with Crippen LogP contribution in [0.1, 0.15) is 43.9 Å². The number of nitrogens with one attached hydrogen (secondary N) is 3. The molecule has 9 nitrogen and oxygen atoms in total. The molecule has 2 aromatic rings. The summed E-state index contributed by atoms with van der Waals surface area (Å²) in [6, 6.07) is 10.5. The number of unbranched alkanes of at least 4 members (excludes halogenated alkanes) is 1. The minimum absolute atomic E-state index is 0.0951. The number of hydroxylamine groups is 1. The van der Waals surface area contributed by atoms with E-state index in [0.717, 1.165) is 12.8 Å². The van der Waals surface area contributed by atoms with Crippen molar-refractivity contribution in [2.75, 3.05) is 19.7 Å². The Balaban J connectivity index is 1.67. The number of rotatable bonds is 16. The highest BCUT2D eigenvalue weighted by molar-refractivity contribution is 7.86. The Labute approximate surface area is 223 Å². The molecule has 0 aliphatic rings. The fourth-order valence-electron chi connectivity index (χ4n) is 3.32. The molecule has 4 N–H and O–H groups in total. The van der Waals surface area contributed by atoms with Crippen LogP contribution in [0.5, 0.6) is 5.75 Å². The lowest BCUT2D eigenvalue weighted by molar-refractivity contribution is -0.128. The number of ether oxygens (including phenoxy) is 1. The fourth-order valence-corrected chi connectivity index (χ4v) is 5.44. The zero-order valence-electron chi connectivity index (χ0n) is 20.8. The van der Waals surface area contributed by atoms with Gasteiger partial charge in [-0.15, -0.1) is 17.3 Å². The van der Waals surface area contributed by atoms with Gasteiger partial charge in [-0.3, -0.25) is 23.8 Å². The first-order valence-corrected chi connectivity index (χ1v) is 14.1. The second kappa shape index (κ2) is 17.3. The largest absolute Gasteiger partial charge is 0.481 e. The summed E-state index contributed by atoms with van der Waals surface area (Å²) in [5.41, 5.74) is 1.59. The van der Waals surface area contributed by atoms with E-state index in [9.17, 15) is 18.6 Å². The van der Waals surface area contributed by atoms with Crippen LogP contribution in [0.25, 0.3) is 0 Å². The van der Waals surface area contributed by atoms with E-state index in [-0.39, 0.29) is 31.4 Å². The molecule has 0 saturated heterocycles. The quantitative estimate of drug-likeness (QED) is 0.110. The summed E-state index contributed by atoms with van der Waals surface area (Å²) in [5, 5.41) is 15.5. The van der Waals surface area contributed by atoms with E-state index in [1.165, 1.54) is 4.88 Å². The maximum Gasteiger partial charge on any atom is 0.259 e. The molecule has 0 radical (unpaired) electrons. The SMILES string of the molecule is CC#CCOc1ccc(S(=O)C(CCCCNC(=O)CNC(=O)CCCc2cccs2)C(=O)NO)cc1. The first-order chi connectivity index (χ1) is 17.9. The molecular formula is C26H33N3O6S2. The number of carbonyl (C=O) groups excluding carboxylic acids is 3. The topological polar surface area (TPSA) is 134 Å². The summed E-state index contributed by atoms with van der Waals surface area (Å²) in [6.45, 7) is 2.21. The molecule has 37 heavy (non-hydrogen) atoms. The third-order valence-electron chi connectivity index (χ3n) is 5.27. The summed E-state index contributed by atoms with van der Waals surface area (Å²) in [4.78, 5) is 37.7. The van der Waals surface area contributed by atoms with Crippen LogP contribution >= 0.6 is 11.3 Å². The number of aryl methyl sites for hydroxylation is 1. The predicted molar refractivity (Wildman–Crippen MR) is 143 cm³/mol. The monoisotopic (exact) mass is 547 g/mol. The zero-order chi connectivity index (χ0) is 26.9. The number of thiophene rings is 1. The molecule has 1 heterocycles. The highest BCUT2D eigenvalue weighted by atomic mass is 32.2. The van der Waals surface area contributed by atoms with Gasteiger partial charge in [0, 0.05) is 22.7 Å². The smallest absolute Gasteiger partial charge is 0.259 e. The minimum atomic E-state index is -1.69. The average molecular weight is 548 g/mol. The fraction of sp³-hybridized carbons (Fsp3) is 0.423. The van der Waals surface area contributed by atoms with Gasteiger partial charge in [-0.1, -0.05) is 12.0 Å². The van der Waals surface area contributed by atoms with E-state index in [1.54, 1.807) is 48.0 Å². The zero-order valence-corrected chi connectivity index (χ0v) is 22.4. The lowest BCUT2D eigenvalue weighted by atomic mass is 10.2. The molecule has 0 aliphatic heterocycles. The standard InChI is InChI=1S/C26H33N3O6S2/c1-2-3-17-35-20-12-14-22(15-13-20)37(34)23(26(32)29-33)10-4-5-16-27-25(31)19-28-24(30)11-6-8-21-9-7-18-36-21/h7,9,12-15,18,23,33H,4-6,8,10-11,16-17,19H2,1H3,(H,27,31)(H,28,30)(H,29,32). The van der Waals surface area contributed by atoms with Crippen molar-refractivity contribution < 1.29 is 28.5 Å². The molecule has 11 heteroatoms. The van der Waals surface area contributed by atoms with Crippen LogP contribution < -0.4 is 20.9 Å². The summed E-state index contributed by atoms with van der Waals surface area (Å²) in [6.07, 6.45) is 3.21. The van der Waals surface area contributed by atoms with Crippen LogP contribution in [-0.4, -0.2) is 52.1 Å². The van der Waals surface area contributed by atoms with E-state index in [1.807, 2.05) is 17.5 Å². The van der Waals surface area contributed by atoms with Gasteiger partial charge in [0.1, 0.15) is 17.6 Å². The molecule has 200 valence electrons. The first kappa shape index (κ1) is 30.0. The van der Waals surface area contributed by atoms with Crippen LogP contribution in [0, 0.1) is 11.8 Å². The van der Waals surface area contributed by atoms with E-state index >= 15 is 0 Å². The summed E-state index contributed by atoms with van der Waals surface area (Å²) < 4.78 is 18.4. The van der Waals surface area contributed by atoms with Crippen LogP contribution in [-0.2, 0) is 31.6 Å². The van der Waals surface area contributed by atoms with Crippen molar-refractivity contribution in [3.05, 3.63) is 46.7 Å². The number of hydrogen-bond donors (Lipinski definition) is 4. The van der Waals surface area contributed by atoms with E-state index in [2.05, 4.69) is 22.5 Å². The molecule has 2 atom stereocenters.